The third kappa shape index (κ3) is 3.38. The number of hydrogen-bond donors (Lipinski definition) is 2. The molecule has 2 aromatic carbocycles. The summed E-state index contributed by atoms with van der Waals surface area (Å²) in [6.07, 6.45) is 1.36. The van der Waals surface area contributed by atoms with E-state index in [4.69, 9.17) is 9.47 Å². The highest BCUT2D eigenvalue weighted by atomic mass is 32.2. The normalized spacial score (nSPS) is 21.8. The van der Waals surface area contributed by atoms with Crippen LogP contribution in [0.3, 0.4) is 0 Å². The summed E-state index contributed by atoms with van der Waals surface area (Å²) >= 11 is 0. The van der Waals surface area contributed by atoms with Crippen LogP contribution in [0.15, 0.2) is 53.4 Å². The number of rotatable bonds is 6. The number of sulfonamides is 1. The number of benzene rings is 2. The second-order valence-corrected chi connectivity index (χ2v) is 8.35. The molecule has 1 saturated carbocycles. The molecule has 0 bridgehead atoms. The standard InChI is InChI=1S/C19H19NO6S/c21-19(22)18(20-27(23,24)12-6-2-1-3-7-12)26-16-11-5-9-14-13-8-4-10-15(13)25-17(14)16/h1-3,5-7,9,11,13,15,18,20H,4,8,10H2,(H,21,22). The van der Waals surface area contributed by atoms with Gasteiger partial charge in [-0.2, -0.15) is 4.72 Å². The van der Waals surface area contributed by atoms with E-state index in [2.05, 4.69) is 4.72 Å². The Morgan fingerprint density at radius 3 is 2.67 bits per heavy atom. The molecule has 0 spiro atoms. The van der Waals surface area contributed by atoms with Gasteiger partial charge in [0.25, 0.3) is 6.23 Å². The molecule has 1 heterocycles. The summed E-state index contributed by atoms with van der Waals surface area (Å²) < 4.78 is 38.5. The van der Waals surface area contributed by atoms with Gasteiger partial charge in [-0.05, 0) is 37.5 Å². The number of para-hydroxylation sites is 1. The Bertz CT molecular complexity index is 959. The van der Waals surface area contributed by atoms with E-state index >= 15 is 0 Å². The first kappa shape index (κ1) is 17.8. The van der Waals surface area contributed by atoms with Crippen LogP contribution in [0.4, 0.5) is 0 Å². The van der Waals surface area contributed by atoms with Crippen molar-refractivity contribution in [2.75, 3.05) is 0 Å². The topological polar surface area (TPSA) is 102 Å². The van der Waals surface area contributed by atoms with Crippen LogP contribution in [-0.2, 0) is 14.8 Å². The number of carboxylic acid groups (broad SMARTS) is 1. The van der Waals surface area contributed by atoms with Gasteiger partial charge in [-0.1, -0.05) is 30.3 Å². The van der Waals surface area contributed by atoms with Gasteiger partial charge in [0, 0.05) is 11.5 Å². The van der Waals surface area contributed by atoms with E-state index in [0.717, 1.165) is 24.8 Å². The number of carbonyl (C=O) groups is 1. The van der Waals surface area contributed by atoms with Crippen LogP contribution < -0.4 is 14.2 Å². The number of ether oxygens (including phenoxy) is 2. The van der Waals surface area contributed by atoms with Crippen LogP contribution in [0.2, 0.25) is 0 Å². The van der Waals surface area contributed by atoms with E-state index in [1.807, 2.05) is 6.07 Å². The fourth-order valence-corrected chi connectivity index (χ4v) is 4.76. The lowest BCUT2D eigenvalue weighted by atomic mass is 9.97. The van der Waals surface area contributed by atoms with Gasteiger partial charge in [-0.15, -0.1) is 0 Å². The smallest absolute Gasteiger partial charge is 0.361 e. The molecule has 2 N–H and O–H groups in total. The molecule has 4 rings (SSSR count). The molecular formula is C19H19NO6S. The van der Waals surface area contributed by atoms with Gasteiger partial charge in [0.2, 0.25) is 10.0 Å². The molecule has 142 valence electrons. The predicted molar refractivity (Wildman–Crippen MR) is 96.3 cm³/mol. The van der Waals surface area contributed by atoms with Crippen LogP contribution in [0, 0.1) is 0 Å². The molecule has 2 aromatic rings. The highest BCUT2D eigenvalue weighted by Gasteiger charge is 2.40. The molecule has 1 fully saturated rings. The van der Waals surface area contributed by atoms with Crippen LogP contribution >= 0.6 is 0 Å². The molecule has 0 saturated heterocycles. The zero-order valence-electron chi connectivity index (χ0n) is 14.4. The largest absolute Gasteiger partial charge is 0.486 e. The SMILES string of the molecule is O=C(O)C(NS(=O)(=O)c1ccccc1)Oc1cccc2c1OC1CCCC21. The molecule has 1 aliphatic heterocycles. The van der Waals surface area contributed by atoms with Crippen LogP contribution in [0.1, 0.15) is 30.7 Å². The second-order valence-electron chi connectivity index (χ2n) is 6.64. The van der Waals surface area contributed by atoms with Crippen molar-refractivity contribution in [3.05, 3.63) is 54.1 Å². The van der Waals surface area contributed by atoms with Gasteiger partial charge in [0.1, 0.15) is 6.10 Å². The molecule has 3 unspecified atom stereocenters. The average molecular weight is 389 g/mol. The fourth-order valence-electron chi connectivity index (χ4n) is 3.68. The molecular weight excluding hydrogens is 370 g/mol. The van der Waals surface area contributed by atoms with Crippen molar-refractivity contribution in [1.82, 2.24) is 4.72 Å². The molecule has 0 radical (unpaired) electrons. The monoisotopic (exact) mass is 389 g/mol. The van der Waals surface area contributed by atoms with E-state index < -0.39 is 22.2 Å². The van der Waals surface area contributed by atoms with E-state index in [0.29, 0.717) is 5.75 Å². The quantitative estimate of drug-likeness (QED) is 0.736. The van der Waals surface area contributed by atoms with Crippen molar-refractivity contribution in [3.63, 3.8) is 0 Å². The molecule has 1 aliphatic carbocycles. The van der Waals surface area contributed by atoms with Gasteiger partial charge in [0.15, 0.2) is 11.5 Å². The number of fused-ring (bicyclic) bond motifs is 3. The van der Waals surface area contributed by atoms with Gasteiger partial charge in [0.05, 0.1) is 4.90 Å². The van der Waals surface area contributed by atoms with Crippen molar-refractivity contribution in [1.29, 1.82) is 0 Å². The van der Waals surface area contributed by atoms with E-state index in [1.54, 1.807) is 30.3 Å². The number of aliphatic carboxylic acids is 1. The van der Waals surface area contributed by atoms with Crippen LogP contribution in [0.5, 0.6) is 11.5 Å². The molecule has 7 nitrogen and oxygen atoms in total. The maximum Gasteiger partial charge on any atom is 0.361 e. The highest BCUT2D eigenvalue weighted by Crippen LogP contribution is 2.50. The van der Waals surface area contributed by atoms with Crippen molar-refractivity contribution in [2.45, 2.75) is 42.4 Å². The summed E-state index contributed by atoms with van der Waals surface area (Å²) in [5, 5.41) is 9.46. The van der Waals surface area contributed by atoms with Gasteiger partial charge < -0.3 is 14.6 Å². The maximum absolute atomic E-state index is 12.4. The third-order valence-electron chi connectivity index (χ3n) is 4.92. The minimum atomic E-state index is -4.05. The summed E-state index contributed by atoms with van der Waals surface area (Å²) in [6, 6.07) is 12.9. The minimum absolute atomic E-state index is 0.0380. The Morgan fingerprint density at radius 1 is 1.15 bits per heavy atom. The Morgan fingerprint density at radius 2 is 1.93 bits per heavy atom. The molecule has 3 atom stereocenters. The van der Waals surface area contributed by atoms with E-state index in [-0.39, 0.29) is 22.7 Å². The van der Waals surface area contributed by atoms with Crippen molar-refractivity contribution in [2.24, 2.45) is 0 Å². The second kappa shape index (κ2) is 6.86. The molecule has 2 aliphatic rings. The van der Waals surface area contributed by atoms with Crippen LogP contribution in [0.25, 0.3) is 0 Å². The van der Waals surface area contributed by atoms with Gasteiger partial charge in [-0.25, -0.2) is 13.2 Å². The van der Waals surface area contributed by atoms with Gasteiger partial charge >= 0.3 is 5.97 Å². The van der Waals surface area contributed by atoms with E-state index in [9.17, 15) is 18.3 Å². The summed E-state index contributed by atoms with van der Waals surface area (Å²) in [7, 11) is -4.05. The Balaban J connectivity index is 1.59. The third-order valence-corrected chi connectivity index (χ3v) is 6.33. The first-order chi connectivity index (χ1) is 13.0. The summed E-state index contributed by atoms with van der Waals surface area (Å²) in [5.74, 6) is -0.416. The summed E-state index contributed by atoms with van der Waals surface area (Å²) in [4.78, 5) is 11.6. The molecule has 27 heavy (non-hydrogen) atoms. The van der Waals surface area contributed by atoms with Crippen LogP contribution in [-0.4, -0.2) is 31.8 Å². The number of nitrogens with one attached hydrogen (secondary N) is 1. The first-order valence-electron chi connectivity index (χ1n) is 8.72. The Hall–Kier alpha value is -2.58. The lowest BCUT2D eigenvalue weighted by Gasteiger charge is -2.18. The Labute approximate surface area is 157 Å². The maximum atomic E-state index is 12.4. The number of hydrogen-bond acceptors (Lipinski definition) is 5. The minimum Gasteiger partial charge on any atom is -0.486 e. The first-order valence-corrected chi connectivity index (χ1v) is 10.2. The lowest BCUT2D eigenvalue weighted by Crippen LogP contribution is -2.44. The number of carboxylic acids is 1. The van der Waals surface area contributed by atoms with E-state index in [1.165, 1.54) is 12.1 Å². The van der Waals surface area contributed by atoms with Crippen molar-refractivity contribution >= 4 is 16.0 Å². The average Bonchev–Trinajstić information content (AvgIpc) is 3.24. The fraction of sp³-hybridized carbons (Fsp3) is 0.316. The van der Waals surface area contributed by atoms with Gasteiger partial charge in [-0.3, -0.25) is 0 Å². The zero-order chi connectivity index (χ0) is 19.0. The lowest BCUT2D eigenvalue weighted by molar-refractivity contribution is -0.145. The summed E-state index contributed by atoms with van der Waals surface area (Å²) in [5.41, 5.74) is 0.991. The molecule has 0 amide bonds. The predicted octanol–water partition coefficient (Wildman–Crippen LogP) is 2.48. The zero-order valence-corrected chi connectivity index (χ0v) is 15.2. The molecule has 0 aromatic heterocycles. The Kier molecular flexibility index (Phi) is 4.53. The molecule has 8 heteroatoms. The van der Waals surface area contributed by atoms with Crippen molar-refractivity contribution in [3.8, 4) is 11.5 Å². The van der Waals surface area contributed by atoms with Crippen molar-refractivity contribution < 1.29 is 27.8 Å². The summed E-state index contributed by atoms with van der Waals surface area (Å²) in [6.45, 7) is 0. The highest BCUT2D eigenvalue weighted by molar-refractivity contribution is 7.89.